The summed E-state index contributed by atoms with van der Waals surface area (Å²) in [6.45, 7) is 18.9. The fraction of sp³-hybridized carbons (Fsp3) is 0.750. The first-order valence-corrected chi connectivity index (χ1v) is 10.6. The molecule has 0 spiro atoms. The highest BCUT2D eigenvalue weighted by molar-refractivity contribution is 5.53. The van der Waals surface area contributed by atoms with Crippen LogP contribution in [0.15, 0.2) is 12.1 Å². The van der Waals surface area contributed by atoms with Crippen molar-refractivity contribution in [3.8, 4) is 5.75 Å². The third-order valence-corrected chi connectivity index (χ3v) is 6.04. The molecule has 28 heavy (non-hydrogen) atoms. The number of nitrogens with zero attached hydrogens (tertiary/aromatic N) is 1. The Labute approximate surface area is 171 Å². The molecule has 1 fully saturated rings. The molecule has 1 saturated carbocycles. The van der Waals surface area contributed by atoms with Crippen molar-refractivity contribution in [2.75, 3.05) is 0 Å². The minimum Gasteiger partial charge on any atom is -0.872 e. The zero-order chi connectivity index (χ0) is 21.5. The van der Waals surface area contributed by atoms with E-state index in [1.54, 1.807) is 12.1 Å². The average molecular weight is 390 g/mol. The first-order chi connectivity index (χ1) is 12.6. The summed E-state index contributed by atoms with van der Waals surface area (Å²) in [6.07, 6.45) is 3.92. The lowest BCUT2D eigenvalue weighted by atomic mass is 9.72. The van der Waals surface area contributed by atoms with Gasteiger partial charge in [0.1, 0.15) is 0 Å². The van der Waals surface area contributed by atoms with Crippen LogP contribution >= 0.6 is 0 Å². The molecule has 0 atom stereocenters. The van der Waals surface area contributed by atoms with Crippen molar-refractivity contribution < 1.29 is 14.9 Å². The standard InChI is InChI=1S/C24H39NO3/c1-22(2,3)16-10-12-18(13-11-16)28-25(27)17-14-19(23(4,5)6)21(26)20(15-17)24(7,8)9/h14-16,18H,10-13H2,1-9H3. The molecular weight excluding hydrogens is 350 g/mol. The first kappa shape index (κ1) is 22.7. The fourth-order valence-electron chi connectivity index (χ4n) is 4.06. The van der Waals surface area contributed by atoms with Crippen LogP contribution in [-0.4, -0.2) is 11.0 Å². The predicted octanol–water partition coefficient (Wildman–Crippen LogP) is 6.30. The summed E-state index contributed by atoms with van der Waals surface area (Å²) in [6, 6.07) is 3.43. The molecule has 0 heterocycles. The molecule has 0 aliphatic heterocycles. The first-order valence-electron chi connectivity index (χ1n) is 10.6. The molecule has 158 valence electrons. The van der Waals surface area contributed by atoms with Crippen molar-refractivity contribution in [3.63, 3.8) is 0 Å². The third kappa shape index (κ3) is 5.27. The van der Waals surface area contributed by atoms with Crippen molar-refractivity contribution in [3.05, 3.63) is 28.2 Å². The van der Waals surface area contributed by atoms with E-state index >= 15 is 0 Å². The second-order valence-corrected chi connectivity index (χ2v) is 11.6. The Hall–Kier alpha value is -1.58. The highest BCUT2D eigenvalue weighted by Crippen LogP contribution is 2.41. The Bertz CT molecular complexity index is 674. The topological polar surface area (TPSA) is 52.4 Å². The van der Waals surface area contributed by atoms with Gasteiger partial charge in [0.05, 0.1) is 4.91 Å². The molecule has 1 aliphatic carbocycles. The van der Waals surface area contributed by atoms with Crippen LogP contribution < -0.4 is 5.11 Å². The van der Waals surface area contributed by atoms with Gasteiger partial charge in [-0.05, 0) is 59.0 Å². The molecule has 1 aliphatic rings. The van der Waals surface area contributed by atoms with E-state index in [1.165, 1.54) is 0 Å². The van der Waals surface area contributed by atoms with Crippen LogP contribution in [0.3, 0.4) is 0 Å². The largest absolute Gasteiger partial charge is 0.872 e. The van der Waals surface area contributed by atoms with Gasteiger partial charge in [0, 0.05) is 12.1 Å². The summed E-state index contributed by atoms with van der Waals surface area (Å²) in [5, 5.41) is 13.0. The molecule has 0 saturated heterocycles. The molecule has 0 radical (unpaired) electrons. The normalized spacial score (nSPS) is 21.5. The van der Waals surface area contributed by atoms with Crippen molar-refractivity contribution >= 4 is 5.69 Å². The van der Waals surface area contributed by atoms with Gasteiger partial charge < -0.3 is 5.11 Å². The van der Waals surface area contributed by atoms with Crippen molar-refractivity contribution in [1.82, 2.24) is 0 Å². The molecule has 4 heteroatoms. The molecular formula is C24H39NO3. The van der Waals surface area contributed by atoms with Gasteiger partial charge in [-0.1, -0.05) is 62.3 Å². The number of hydrogen-bond acceptors (Lipinski definition) is 3. The maximum absolute atomic E-state index is 13.0. The zero-order valence-corrected chi connectivity index (χ0v) is 19.3. The van der Waals surface area contributed by atoms with E-state index in [1.807, 2.05) is 41.5 Å². The zero-order valence-electron chi connectivity index (χ0n) is 19.3. The highest BCUT2D eigenvalue weighted by Gasteiger charge is 2.35. The summed E-state index contributed by atoms with van der Waals surface area (Å²) in [4.78, 5) is 19.3. The molecule has 0 bridgehead atoms. The van der Waals surface area contributed by atoms with E-state index in [-0.39, 0.29) is 22.7 Å². The van der Waals surface area contributed by atoms with Crippen molar-refractivity contribution in [2.24, 2.45) is 11.3 Å². The lowest BCUT2D eigenvalue weighted by molar-refractivity contribution is -0.757. The smallest absolute Gasteiger partial charge is 0.317 e. The molecule has 1 aromatic rings. The Balaban J connectivity index is 2.24. The van der Waals surface area contributed by atoms with Crippen LogP contribution in [0.5, 0.6) is 5.75 Å². The van der Waals surface area contributed by atoms with Crippen LogP contribution in [0, 0.1) is 16.2 Å². The molecule has 2 rings (SSSR count). The minimum absolute atomic E-state index is 0.0304. The summed E-state index contributed by atoms with van der Waals surface area (Å²) < 4.78 is 0. The third-order valence-electron chi connectivity index (χ3n) is 6.04. The van der Waals surface area contributed by atoms with Gasteiger partial charge in [0.2, 0.25) is 0 Å². The summed E-state index contributed by atoms with van der Waals surface area (Å²) >= 11 is 0. The quantitative estimate of drug-likeness (QED) is 0.570. The van der Waals surface area contributed by atoms with Gasteiger partial charge in [-0.15, -0.1) is 5.75 Å². The van der Waals surface area contributed by atoms with Gasteiger partial charge in [-0.3, -0.25) is 0 Å². The van der Waals surface area contributed by atoms with E-state index in [0.717, 1.165) is 25.7 Å². The Kier molecular flexibility index (Phi) is 6.23. The second-order valence-electron chi connectivity index (χ2n) is 11.6. The number of benzene rings is 1. The van der Waals surface area contributed by atoms with E-state index < -0.39 is 0 Å². The van der Waals surface area contributed by atoms with Crippen LogP contribution in [0.2, 0.25) is 0 Å². The highest BCUT2D eigenvalue weighted by atomic mass is 16.8. The van der Waals surface area contributed by atoms with Gasteiger partial charge >= 0.3 is 5.69 Å². The number of rotatable bonds is 3. The van der Waals surface area contributed by atoms with Gasteiger partial charge in [0.25, 0.3) is 4.92 Å². The Morgan fingerprint density at radius 1 is 0.857 bits per heavy atom. The number of hydrogen-bond donors (Lipinski definition) is 0. The Morgan fingerprint density at radius 3 is 1.64 bits per heavy atom. The summed E-state index contributed by atoms with van der Waals surface area (Å²) in [5.74, 6) is 0.704. The summed E-state index contributed by atoms with van der Waals surface area (Å²) in [5.41, 5.74) is 1.38. The average Bonchev–Trinajstić information content (AvgIpc) is 2.52. The van der Waals surface area contributed by atoms with Crippen LogP contribution in [0.25, 0.3) is 0 Å². The molecule has 0 aromatic heterocycles. The summed E-state index contributed by atoms with van der Waals surface area (Å²) in [7, 11) is 0. The van der Waals surface area contributed by atoms with E-state index in [4.69, 9.17) is 4.84 Å². The SMILES string of the molecule is CC(C)(C)c1cc([N+](=O)OC2CCC(C(C)(C)C)CC2)cc(C(C)(C)C)c1[O-]. The molecule has 1 aromatic carbocycles. The second kappa shape index (κ2) is 7.68. The lowest BCUT2D eigenvalue weighted by Crippen LogP contribution is -2.30. The maximum Gasteiger partial charge on any atom is 0.317 e. The van der Waals surface area contributed by atoms with Gasteiger partial charge in [-0.25, -0.2) is 4.84 Å². The van der Waals surface area contributed by atoms with Crippen molar-refractivity contribution in [1.29, 1.82) is 0 Å². The Morgan fingerprint density at radius 2 is 1.29 bits per heavy atom. The molecule has 0 N–H and O–H groups in total. The predicted molar refractivity (Wildman–Crippen MR) is 113 cm³/mol. The van der Waals surface area contributed by atoms with Crippen molar-refractivity contribution in [2.45, 2.75) is 105 Å². The maximum atomic E-state index is 13.0. The van der Waals surface area contributed by atoms with Crippen LogP contribution in [0.4, 0.5) is 5.69 Å². The fourth-order valence-corrected chi connectivity index (χ4v) is 4.06. The van der Waals surface area contributed by atoms with E-state index in [2.05, 4.69) is 20.8 Å². The molecule has 0 amide bonds. The molecule has 4 nitrogen and oxygen atoms in total. The van der Waals surface area contributed by atoms with Gasteiger partial charge in [-0.2, -0.15) is 0 Å². The lowest BCUT2D eigenvalue weighted by Gasteiger charge is -2.35. The van der Waals surface area contributed by atoms with Crippen LogP contribution in [-0.2, 0) is 15.7 Å². The minimum atomic E-state index is -0.335. The molecule has 0 unspecified atom stereocenters. The van der Waals surface area contributed by atoms with E-state index in [9.17, 15) is 10.0 Å². The van der Waals surface area contributed by atoms with Gasteiger partial charge in [0.15, 0.2) is 6.10 Å². The monoisotopic (exact) mass is 389 g/mol. The van der Waals surface area contributed by atoms with E-state index in [0.29, 0.717) is 33.1 Å². The van der Waals surface area contributed by atoms with Crippen LogP contribution in [0.1, 0.15) is 99.1 Å².